The van der Waals surface area contributed by atoms with E-state index >= 15 is 0 Å². The Morgan fingerprint density at radius 1 is 0.862 bits per heavy atom. The van der Waals surface area contributed by atoms with E-state index in [9.17, 15) is 19.7 Å². The summed E-state index contributed by atoms with van der Waals surface area (Å²) in [6, 6.07) is 23.7. The first-order valence-electron chi connectivity index (χ1n) is 8.85. The van der Waals surface area contributed by atoms with Crippen molar-refractivity contribution in [3.05, 3.63) is 106 Å². The lowest BCUT2D eigenvalue weighted by atomic mass is 9.91. The van der Waals surface area contributed by atoms with Crippen molar-refractivity contribution in [1.29, 1.82) is 0 Å². The molecule has 0 fully saturated rings. The first-order valence-corrected chi connectivity index (χ1v) is 8.85. The lowest BCUT2D eigenvalue weighted by molar-refractivity contribution is -0.384. The van der Waals surface area contributed by atoms with Gasteiger partial charge in [-0.15, -0.1) is 0 Å². The molecule has 7 nitrogen and oxygen atoms in total. The van der Waals surface area contributed by atoms with E-state index in [1.807, 2.05) is 60.7 Å². The third kappa shape index (κ3) is 5.26. The topological polar surface area (TPSA) is 98.5 Å². The molecule has 0 saturated heterocycles. The molecular weight excluding hydrogens is 372 g/mol. The molecule has 0 aliphatic heterocycles. The van der Waals surface area contributed by atoms with Crippen LogP contribution in [0.1, 0.15) is 17.0 Å². The average molecular weight is 390 g/mol. The van der Waals surface area contributed by atoms with E-state index < -0.39 is 29.3 Å². The quantitative estimate of drug-likeness (QED) is 0.375. The molecule has 3 rings (SSSR count). The number of hydrogen-bond acceptors (Lipinski definition) is 5. The fourth-order valence-electron chi connectivity index (χ4n) is 2.84. The number of carbonyl (C=O) groups excluding carboxylic acids is 2. The Morgan fingerprint density at radius 3 is 1.86 bits per heavy atom. The molecule has 3 aromatic rings. The van der Waals surface area contributed by atoms with Gasteiger partial charge in [0.05, 0.1) is 4.92 Å². The van der Waals surface area contributed by atoms with Crippen LogP contribution in [0.3, 0.4) is 0 Å². The summed E-state index contributed by atoms with van der Waals surface area (Å²) in [7, 11) is 0. The SMILES string of the molecule is O=C(COC(=O)C(c1ccccc1)c1ccccc1)Nc1ccc([N+](=O)[O-])cc1. The molecule has 3 aromatic carbocycles. The number of non-ortho nitro benzene ring substituents is 1. The Kier molecular flexibility index (Phi) is 6.32. The first kappa shape index (κ1) is 19.8. The zero-order valence-corrected chi connectivity index (χ0v) is 15.4. The van der Waals surface area contributed by atoms with Crippen LogP contribution in [0.5, 0.6) is 0 Å². The molecule has 0 aliphatic rings. The second-order valence-electron chi connectivity index (χ2n) is 6.21. The molecule has 1 amide bonds. The second-order valence-corrected chi connectivity index (χ2v) is 6.21. The number of nitrogens with one attached hydrogen (secondary N) is 1. The van der Waals surface area contributed by atoms with Crippen molar-refractivity contribution in [2.75, 3.05) is 11.9 Å². The van der Waals surface area contributed by atoms with Gasteiger partial charge in [-0.25, -0.2) is 0 Å². The van der Waals surface area contributed by atoms with Crippen molar-refractivity contribution in [3.8, 4) is 0 Å². The zero-order valence-electron chi connectivity index (χ0n) is 15.4. The molecule has 0 heterocycles. The Balaban J connectivity index is 1.65. The highest BCUT2D eigenvalue weighted by Crippen LogP contribution is 2.26. The molecule has 0 bridgehead atoms. The maximum absolute atomic E-state index is 12.7. The van der Waals surface area contributed by atoms with Gasteiger partial charge in [0, 0.05) is 17.8 Å². The van der Waals surface area contributed by atoms with E-state index in [2.05, 4.69) is 5.32 Å². The van der Waals surface area contributed by atoms with Gasteiger partial charge >= 0.3 is 5.97 Å². The standard InChI is InChI=1S/C22H18N2O5/c25-20(23-18-11-13-19(14-12-18)24(27)28)15-29-22(26)21(16-7-3-1-4-8-16)17-9-5-2-6-10-17/h1-14,21H,15H2,(H,23,25). The van der Waals surface area contributed by atoms with Gasteiger partial charge < -0.3 is 10.1 Å². The van der Waals surface area contributed by atoms with Crippen molar-refractivity contribution >= 4 is 23.3 Å². The first-order chi connectivity index (χ1) is 14.0. The van der Waals surface area contributed by atoms with Gasteiger partial charge in [0.2, 0.25) is 0 Å². The predicted molar refractivity (Wildman–Crippen MR) is 107 cm³/mol. The van der Waals surface area contributed by atoms with Crippen LogP contribution >= 0.6 is 0 Å². The number of hydrogen-bond donors (Lipinski definition) is 1. The van der Waals surface area contributed by atoms with Crippen LogP contribution < -0.4 is 5.32 Å². The Labute approximate surface area is 167 Å². The molecule has 0 atom stereocenters. The number of benzene rings is 3. The van der Waals surface area contributed by atoms with E-state index in [4.69, 9.17) is 4.74 Å². The lowest BCUT2D eigenvalue weighted by Gasteiger charge is -2.17. The highest BCUT2D eigenvalue weighted by molar-refractivity contribution is 5.93. The minimum Gasteiger partial charge on any atom is -0.455 e. The zero-order chi connectivity index (χ0) is 20.6. The summed E-state index contributed by atoms with van der Waals surface area (Å²) in [4.78, 5) is 35.0. The molecule has 29 heavy (non-hydrogen) atoms. The number of nitro groups is 1. The van der Waals surface area contributed by atoms with Gasteiger partial charge in [-0.2, -0.15) is 0 Å². The van der Waals surface area contributed by atoms with Crippen LogP contribution in [0, 0.1) is 10.1 Å². The number of ether oxygens (including phenoxy) is 1. The number of esters is 1. The van der Waals surface area contributed by atoms with Gasteiger partial charge in [0.15, 0.2) is 6.61 Å². The highest BCUT2D eigenvalue weighted by atomic mass is 16.6. The van der Waals surface area contributed by atoms with Crippen molar-refractivity contribution in [2.24, 2.45) is 0 Å². The Bertz CT molecular complexity index is 949. The molecule has 0 unspecified atom stereocenters. The molecule has 0 aromatic heterocycles. The lowest BCUT2D eigenvalue weighted by Crippen LogP contribution is -2.24. The van der Waals surface area contributed by atoms with E-state index in [1.165, 1.54) is 24.3 Å². The molecule has 0 saturated carbocycles. The van der Waals surface area contributed by atoms with Crippen LogP contribution in [-0.4, -0.2) is 23.4 Å². The van der Waals surface area contributed by atoms with Gasteiger partial charge in [0.1, 0.15) is 5.92 Å². The van der Waals surface area contributed by atoms with Crippen LogP contribution in [0.2, 0.25) is 0 Å². The van der Waals surface area contributed by atoms with Gasteiger partial charge in [-0.3, -0.25) is 19.7 Å². The molecule has 7 heteroatoms. The fraction of sp³-hybridized carbons (Fsp3) is 0.0909. The van der Waals surface area contributed by atoms with Crippen LogP contribution in [0.25, 0.3) is 0 Å². The van der Waals surface area contributed by atoms with E-state index in [0.717, 1.165) is 11.1 Å². The third-order valence-corrected chi connectivity index (χ3v) is 4.21. The molecule has 1 N–H and O–H groups in total. The Morgan fingerprint density at radius 2 is 1.38 bits per heavy atom. The van der Waals surface area contributed by atoms with Crippen LogP contribution in [0.15, 0.2) is 84.9 Å². The summed E-state index contributed by atoms with van der Waals surface area (Å²) in [5.74, 6) is -1.72. The van der Waals surface area contributed by atoms with Crippen molar-refractivity contribution in [2.45, 2.75) is 5.92 Å². The molecule has 146 valence electrons. The van der Waals surface area contributed by atoms with Gasteiger partial charge in [-0.05, 0) is 23.3 Å². The molecule has 0 radical (unpaired) electrons. The number of carbonyl (C=O) groups is 2. The highest BCUT2D eigenvalue weighted by Gasteiger charge is 2.24. The van der Waals surface area contributed by atoms with E-state index in [0.29, 0.717) is 5.69 Å². The fourth-order valence-corrected chi connectivity index (χ4v) is 2.84. The third-order valence-electron chi connectivity index (χ3n) is 4.21. The molecular formula is C22H18N2O5. The Hall–Kier alpha value is -4.00. The summed E-state index contributed by atoms with van der Waals surface area (Å²) in [5, 5.41) is 13.2. The monoisotopic (exact) mass is 390 g/mol. The summed E-state index contributed by atoms with van der Waals surface area (Å²) in [6.45, 7) is -0.466. The summed E-state index contributed by atoms with van der Waals surface area (Å²) in [6.07, 6.45) is 0. The number of anilines is 1. The maximum Gasteiger partial charge on any atom is 0.318 e. The smallest absolute Gasteiger partial charge is 0.318 e. The minimum atomic E-state index is -0.649. The maximum atomic E-state index is 12.7. The summed E-state index contributed by atoms with van der Waals surface area (Å²) in [5.41, 5.74) is 1.82. The number of rotatable bonds is 7. The van der Waals surface area contributed by atoms with E-state index in [-0.39, 0.29) is 5.69 Å². The predicted octanol–water partition coefficient (Wildman–Crippen LogP) is 3.91. The van der Waals surface area contributed by atoms with Crippen LogP contribution in [-0.2, 0) is 14.3 Å². The summed E-state index contributed by atoms with van der Waals surface area (Å²) < 4.78 is 5.25. The van der Waals surface area contributed by atoms with Crippen molar-refractivity contribution in [1.82, 2.24) is 0 Å². The minimum absolute atomic E-state index is 0.0806. The van der Waals surface area contributed by atoms with Crippen LogP contribution in [0.4, 0.5) is 11.4 Å². The number of nitrogens with zero attached hydrogens (tertiary/aromatic N) is 1. The molecule has 0 aliphatic carbocycles. The van der Waals surface area contributed by atoms with Crippen molar-refractivity contribution in [3.63, 3.8) is 0 Å². The van der Waals surface area contributed by atoms with E-state index in [1.54, 1.807) is 0 Å². The molecule has 0 spiro atoms. The number of amides is 1. The van der Waals surface area contributed by atoms with Crippen molar-refractivity contribution < 1.29 is 19.2 Å². The summed E-state index contributed by atoms with van der Waals surface area (Å²) >= 11 is 0. The second kappa shape index (κ2) is 9.27. The number of nitro benzene ring substituents is 1. The largest absolute Gasteiger partial charge is 0.455 e. The normalized spacial score (nSPS) is 10.4. The van der Waals surface area contributed by atoms with Gasteiger partial charge in [0.25, 0.3) is 11.6 Å². The van der Waals surface area contributed by atoms with Gasteiger partial charge in [-0.1, -0.05) is 60.7 Å². The average Bonchev–Trinajstić information content (AvgIpc) is 2.74.